The van der Waals surface area contributed by atoms with Crippen LogP contribution < -0.4 is 5.32 Å². The number of rotatable bonds is 3. The standard InChI is InChI=1S/C16H28N2O3/c1-3-12-7-10-18(13(11-12)14(19)20)15(21)17-16(2)8-5-4-6-9-16/h12-13H,3-11H2,1-2H3,(H,17,21)(H,19,20). The summed E-state index contributed by atoms with van der Waals surface area (Å²) < 4.78 is 0. The van der Waals surface area contributed by atoms with Gasteiger partial charge in [0.25, 0.3) is 0 Å². The molecule has 0 aromatic rings. The van der Waals surface area contributed by atoms with Gasteiger partial charge in [-0.15, -0.1) is 0 Å². The van der Waals surface area contributed by atoms with Crippen molar-refractivity contribution in [3.05, 3.63) is 0 Å². The van der Waals surface area contributed by atoms with E-state index in [2.05, 4.69) is 19.2 Å². The fourth-order valence-corrected chi connectivity index (χ4v) is 3.67. The molecule has 120 valence electrons. The van der Waals surface area contributed by atoms with Gasteiger partial charge in [0.1, 0.15) is 6.04 Å². The first kappa shape index (κ1) is 16.1. The number of amides is 2. The highest BCUT2D eigenvalue weighted by atomic mass is 16.4. The number of nitrogens with zero attached hydrogens (tertiary/aromatic N) is 1. The third kappa shape index (κ3) is 3.89. The van der Waals surface area contributed by atoms with Gasteiger partial charge in [0.05, 0.1) is 0 Å². The van der Waals surface area contributed by atoms with E-state index in [0.29, 0.717) is 18.9 Å². The average molecular weight is 296 g/mol. The van der Waals surface area contributed by atoms with Crippen LogP contribution in [0, 0.1) is 5.92 Å². The van der Waals surface area contributed by atoms with E-state index in [1.54, 1.807) is 0 Å². The van der Waals surface area contributed by atoms with E-state index >= 15 is 0 Å². The highest BCUT2D eigenvalue weighted by molar-refractivity contribution is 5.83. The molecule has 0 bridgehead atoms. The number of piperidine rings is 1. The lowest BCUT2D eigenvalue weighted by atomic mass is 9.83. The van der Waals surface area contributed by atoms with E-state index < -0.39 is 12.0 Å². The smallest absolute Gasteiger partial charge is 0.326 e. The van der Waals surface area contributed by atoms with Gasteiger partial charge in [-0.2, -0.15) is 0 Å². The summed E-state index contributed by atoms with van der Waals surface area (Å²) in [5, 5.41) is 12.5. The Morgan fingerprint density at radius 2 is 1.95 bits per heavy atom. The summed E-state index contributed by atoms with van der Waals surface area (Å²) in [5.74, 6) is -0.461. The first-order valence-corrected chi connectivity index (χ1v) is 8.27. The van der Waals surface area contributed by atoms with Gasteiger partial charge >= 0.3 is 12.0 Å². The van der Waals surface area contributed by atoms with Gasteiger partial charge in [0, 0.05) is 12.1 Å². The zero-order valence-electron chi connectivity index (χ0n) is 13.2. The van der Waals surface area contributed by atoms with E-state index in [1.807, 2.05) is 0 Å². The maximum Gasteiger partial charge on any atom is 0.326 e. The molecule has 2 fully saturated rings. The molecule has 1 heterocycles. The van der Waals surface area contributed by atoms with Crippen LogP contribution in [0.2, 0.25) is 0 Å². The molecule has 5 nitrogen and oxygen atoms in total. The van der Waals surface area contributed by atoms with Crippen LogP contribution in [0.15, 0.2) is 0 Å². The molecule has 0 aromatic heterocycles. The summed E-state index contributed by atoms with van der Waals surface area (Å²) in [6.07, 6.45) is 7.94. The number of carbonyl (C=O) groups is 2. The molecular formula is C16H28N2O3. The van der Waals surface area contributed by atoms with Crippen molar-refractivity contribution in [3.63, 3.8) is 0 Å². The van der Waals surface area contributed by atoms with Gasteiger partial charge < -0.3 is 15.3 Å². The molecule has 0 radical (unpaired) electrons. The minimum Gasteiger partial charge on any atom is -0.480 e. The molecule has 2 N–H and O–H groups in total. The second-order valence-electron chi connectivity index (χ2n) is 6.90. The average Bonchev–Trinajstić information content (AvgIpc) is 2.46. The normalized spacial score (nSPS) is 29.0. The van der Waals surface area contributed by atoms with Crippen molar-refractivity contribution in [2.75, 3.05) is 6.54 Å². The zero-order valence-corrected chi connectivity index (χ0v) is 13.2. The number of aliphatic carboxylic acids is 1. The van der Waals surface area contributed by atoms with E-state index in [0.717, 1.165) is 38.5 Å². The first-order valence-electron chi connectivity index (χ1n) is 8.27. The van der Waals surface area contributed by atoms with Crippen molar-refractivity contribution in [2.45, 2.75) is 76.8 Å². The van der Waals surface area contributed by atoms with Crippen molar-refractivity contribution in [1.29, 1.82) is 0 Å². The molecule has 0 aromatic carbocycles. The lowest BCUT2D eigenvalue weighted by Crippen LogP contribution is -2.58. The van der Waals surface area contributed by atoms with Gasteiger partial charge in [-0.3, -0.25) is 0 Å². The lowest BCUT2D eigenvalue weighted by Gasteiger charge is -2.41. The number of carboxylic acid groups (broad SMARTS) is 1. The van der Waals surface area contributed by atoms with Crippen LogP contribution in [-0.2, 0) is 4.79 Å². The summed E-state index contributed by atoms with van der Waals surface area (Å²) in [6.45, 7) is 4.72. The number of carbonyl (C=O) groups excluding carboxylic acids is 1. The van der Waals surface area contributed by atoms with Gasteiger partial charge in [-0.25, -0.2) is 9.59 Å². The first-order chi connectivity index (χ1) is 9.95. The van der Waals surface area contributed by atoms with Crippen LogP contribution in [0.1, 0.15) is 65.2 Å². The highest BCUT2D eigenvalue weighted by Crippen LogP contribution is 2.29. The predicted octanol–water partition coefficient (Wildman–Crippen LogP) is 2.99. The maximum absolute atomic E-state index is 12.5. The van der Waals surface area contributed by atoms with Crippen molar-refractivity contribution in [3.8, 4) is 0 Å². The molecule has 2 aliphatic rings. The molecule has 5 heteroatoms. The third-order valence-electron chi connectivity index (χ3n) is 5.20. The van der Waals surface area contributed by atoms with E-state index in [1.165, 1.54) is 11.3 Å². The van der Waals surface area contributed by atoms with E-state index in [-0.39, 0.29) is 11.6 Å². The summed E-state index contributed by atoms with van der Waals surface area (Å²) >= 11 is 0. The Morgan fingerprint density at radius 3 is 2.52 bits per heavy atom. The predicted molar refractivity (Wildman–Crippen MR) is 81.2 cm³/mol. The third-order valence-corrected chi connectivity index (χ3v) is 5.20. The zero-order chi connectivity index (χ0) is 15.5. The summed E-state index contributed by atoms with van der Waals surface area (Å²) in [5.41, 5.74) is -0.167. The summed E-state index contributed by atoms with van der Waals surface area (Å²) in [7, 11) is 0. The quantitative estimate of drug-likeness (QED) is 0.841. The van der Waals surface area contributed by atoms with Crippen molar-refractivity contribution < 1.29 is 14.7 Å². The minimum atomic E-state index is -0.878. The maximum atomic E-state index is 12.5. The van der Waals surface area contributed by atoms with Crippen molar-refractivity contribution in [2.24, 2.45) is 5.92 Å². The largest absolute Gasteiger partial charge is 0.480 e. The molecular weight excluding hydrogens is 268 g/mol. The SMILES string of the molecule is CCC1CCN(C(=O)NC2(C)CCCCC2)C(C(=O)O)C1. The topological polar surface area (TPSA) is 69.6 Å². The van der Waals surface area contributed by atoms with Gasteiger partial charge in [-0.05, 0) is 38.5 Å². The fraction of sp³-hybridized carbons (Fsp3) is 0.875. The molecule has 21 heavy (non-hydrogen) atoms. The Morgan fingerprint density at radius 1 is 1.29 bits per heavy atom. The molecule has 2 amide bonds. The molecule has 1 saturated carbocycles. The van der Waals surface area contributed by atoms with Gasteiger partial charge in [-0.1, -0.05) is 32.6 Å². The van der Waals surface area contributed by atoms with Crippen LogP contribution >= 0.6 is 0 Å². The minimum absolute atomic E-state index is 0.167. The molecule has 1 saturated heterocycles. The molecule has 2 rings (SSSR count). The molecule has 0 spiro atoms. The van der Waals surface area contributed by atoms with Crippen LogP contribution in [-0.4, -0.2) is 40.1 Å². The van der Waals surface area contributed by atoms with Gasteiger partial charge in [0.2, 0.25) is 0 Å². The number of urea groups is 1. The van der Waals surface area contributed by atoms with Crippen LogP contribution in [0.3, 0.4) is 0 Å². The number of nitrogens with one attached hydrogen (secondary N) is 1. The van der Waals surface area contributed by atoms with Crippen LogP contribution in [0.4, 0.5) is 4.79 Å². The Bertz CT molecular complexity index is 391. The van der Waals surface area contributed by atoms with Crippen LogP contribution in [0.5, 0.6) is 0 Å². The molecule has 1 aliphatic carbocycles. The number of likely N-dealkylation sites (tertiary alicyclic amines) is 1. The molecule has 1 aliphatic heterocycles. The van der Waals surface area contributed by atoms with Crippen molar-refractivity contribution >= 4 is 12.0 Å². The van der Waals surface area contributed by atoms with Gasteiger partial charge in [0.15, 0.2) is 0 Å². The Kier molecular flexibility index (Phi) is 5.12. The second kappa shape index (κ2) is 6.67. The molecule has 2 unspecified atom stereocenters. The number of hydrogen-bond donors (Lipinski definition) is 2. The van der Waals surface area contributed by atoms with E-state index in [9.17, 15) is 14.7 Å². The number of carboxylic acids is 1. The lowest BCUT2D eigenvalue weighted by molar-refractivity contribution is -0.144. The van der Waals surface area contributed by atoms with Crippen LogP contribution in [0.25, 0.3) is 0 Å². The monoisotopic (exact) mass is 296 g/mol. The van der Waals surface area contributed by atoms with Crippen molar-refractivity contribution in [1.82, 2.24) is 10.2 Å². The fourth-order valence-electron chi connectivity index (χ4n) is 3.67. The van der Waals surface area contributed by atoms with E-state index in [4.69, 9.17) is 0 Å². The Labute approximate surface area is 127 Å². The second-order valence-corrected chi connectivity index (χ2v) is 6.90. The summed E-state index contributed by atoms with van der Waals surface area (Å²) in [4.78, 5) is 25.5. The molecule has 2 atom stereocenters. The number of hydrogen-bond acceptors (Lipinski definition) is 2. The Hall–Kier alpha value is -1.26. The summed E-state index contributed by atoms with van der Waals surface area (Å²) in [6, 6.07) is -0.864. The highest BCUT2D eigenvalue weighted by Gasteiger charge is 2.38. The Balaban J connectivity index is 2.01.